The van der Waals surface area contributed by atoms with Crippen molar-refractivity contribution in [3.05, 3.63) is 34.4 Å². The molecule has 0 radical (unpaired) electrons. The van der Waals surface area contributed by atoms with Gasteiger partial charge in [0.2, 0.25) is 0 Å². The second-order valence-electron chi connectivity index (χ2n) is 4.08. The highest BCUT2D eigenvalue weighted by Crippen LogP contribution is 2.41. The molecule has 0 saturated heterocycles. The van der Waals surface area contributed by atoms with Crippen molar-refractivity contribution >= 4 is 26.8 Å². The number of halogens is 1. The Morgan fingerprint density at radius 1 is 1.36 bits per heavy atom. The standard InChI is InChI=1S/C12H12BrN/c1-8-3-2-4-11-10(8)7-12(13)14(11)9-5-6-9/h2-4,7,9H,5-6H2,1H3. The maximum Gasteiger partial charge on any atom is 0.0860 e. The molecule has 0 amide bonds. The van der Waals surface area contributed by atoms with Crippen LogP contribution >= 0.6 is 15.9 Å². The fourth-order valence-corrected chi connectivity index (χ4v) is 2.78. The molecule has 1 heterocycles. The fraction of sp³-hybridized carbons (Fsp3) is 0.333. The fourth-order valence-electron chi connectivity index (χ4n) is 2.07. The third kappa shape index (κ3) is 1.13. The van der Waals surface area contributed by atoms with Crippen LogP contribution in [0.15, 0.2) is 28.9 Å². The topological polar surface area (TPSA) is 4.93 Å². The van der Waals surface area contributed by atoms with Crippen molar-refractivity contribution in [1.29, 1.82) is 0 Å². The maximum absolute atomic E-state index is 3.65. The Labute approximate surface area is 91.9 Å². The van der Waals surface area contributed by atoms with Crippen molar-refractivity contribution in [2.45, 2.75) is 25.8 Å². The van der Waals surface area contributed by atoms with Gasteiger partial charge in [-0.25, -0.2) is 0 Å². The molecule has 1 nitrogen and oxygen atoms in total. The van der Waals surface area contributed by atoms with Crippen LogP contribution in [0.5, 0.6) is 0 Å². The van der Waals surface area contributed by atoms with Crippen LogP contribution in [0.1, 0.15) is 24.4 Å². The Morgan fingerprint density at radius 3 is 2.86 bits per heavy atom. The molecule has 1 aliphatic carbocycles. The zero-order valence-electron chi connectivity index (χ0n) is 8.13. The summed E-state index contributed by atoms with van der Waals surface area (Å²) in [6.07, 6.45) is 2.66. The molecule has 1 aliphatic rings. The maximum atomic E-state index is 3.65. The predicted octanol–water partition coefficient (Wildman–Crippen LogP) is 4.05. The highest BCUT2D eigenvalue weighted by atomic mass is 79.9. The number of hydrogen-bond acceptors (Lipinski definition) is 0. The quantitative estimate of drug-likeness (QED) is 0.719. The van der Waals surface area contributed by atoms with E-state index in [4.69, 9.17) is 0 Å². The number of aryl methyl sites for hydroxylation is 1. The van der Waals surface area contributed by atoms with Gasteiger partial charge in [0.15, 0.2) is 0 Å². The Balaban J connectivity index is 2.37. The third-order valence-electron chi connectivity index (χ3n) is 2.97. The number of hydrogen-bond donors (Lipinski definition) is 0. The SMILES string of the molecule is Cc1cccc2c1cc(Br)n2C1CC1. The van der Waals surface area contributed by atoms with E-state index in [1.165, 1.54) is 33.9 Å². The van der Waals surface area contributed by atoms with Gasteiger partial charge in [0.25, 0.3) is 0 Å². The Hall–Kier alpha value is -0.760. The van der Waals surface area contributed by atoms with Gasteiger partial charge in [-0.2, -0.15) is 0 Å². The Bertz CT molecular complexity index is 494. The van der Waals surface area contributed by atoms with E-state index in [2.05, 4.69) is 51.7 Å². The van der Waals surface area contributed by atoms with Crippen molar-refractivity contribution in [3.63, 3.8) is 0 Å². The summed E-state index contributed by atoms with van der Waals surface area (Å²) in [7, 11) is 0. The van der Waals surface area contributed by atoms with E-state index < -0.39 is 0 Å². The molecule has 0 unspecified atom stereocenters. The predicted molar refractivity (Wildman–Crippen MR) is 62.6 cm³/mol. The molecule has 1 saturated carbocycles. The summed E-state index contributed by atoms with van der Waals surface area (Å²) in [4.78, 5) is 0. The van der Waals surface area contributed by atoms with Gasteiger partial charge in [-0.3, -0.25) is 0 Å². The summed E-state index contributed by atoms with van der Waals surface area (Å²) in [6.45, 7) is 2.17. The molecule has 0 spiro atoms. The summed E-state index contributed by atoms with van der Waals surface area (Å²) in [5, 5.41) is 1.38. The lowest BCUT2D eigenvalue weighted by atomic mass is 10.1. The van der Waals surface area contributed by atoms with Crippen LogP contribution in [-0.2, 0) is 0 Å². The summed E-state index contributed by atoms with van der Waals surface area (Å²) >= 11 is 3.65. The van der Waals surface area contributed by atoms with Crippen molar-refractivity contribution in [2.75, 3.05) is 0 Å². The second kappa shape index (κ2) is 2.86. The van der Waals surface area contributed by atoms with Crippen LogP contribution in [0, 0.1) is 6.92 Å². The second-order valence-corrected chi connectivity index (χ2v) is 4.89. The molecule has 1 fully saturated rings. The number of aromatic nitrogens is 1. The van der Waals surface area contributed by atoms with Gasteiger partial charge in [-0.1, -0.05) is 12.1 Å². The van der Waals surface area contributed by atoms with E-state index in [1.54, 1.807) is 0 Å². The first kappa shape index (κ1) is 8.54. The molecule has 3 rings (SSSR count). The average molecular weight is 250 g/mol. The van der Waals surface area contributed by atoms with E-state index in [9.17, 15) is 0 Å². The number of fused-ring (bicyclic) bond motifs is 1. The molecule has 2 aromatic rings. The van der Waals surface area contributed by atoms with Gasteiger partial charge in [-0.05, 0) is 53.4 Å². The zero-order valence-corrected chi connectivity index (χ0v) is 9.71. The van der Waals surface area contributed by atoms with E-state index in [1.807, 2.05) is 0 Å². The normalized spacial score (nSPS) is 16.4. The van der Waals surface area contributed by atoms with E-state index in [-0.39, 0.29) is 0 Å². The van der Waals surface area contributed by atoms with Crippen LogP contribution in [-0.4, -0.2) is 4.57 Å². The number of rotatable bonds is 1. The molecule has 14 heavy (non-hydrogen) atoms. The van der Waals surface area contributed by atoms with Gasteiger partial charge in [0.05, 0.1) is 4.60 Å². The smallest absolute Gasteiger partial charge is 0.0860 e. The van der Waals surface area contributed by atoms with E-state index in [0.29, 0.717) is 0 Å². The summed E-state index contributed by atoms with van der Waals surface area (Å²) in [6, 6.07) is 9.51. The van der Waals surface area contributed by atoms with E-state index in [0.717, 1.165) is 6.04 Å². The van der Waals surface area contributed by atoms with Gasteiger partial charge < -0.3 is 4.57 Å². The molecule has 0 N–H and O–H groups in total. The van der Waals surface area contributed by atoms with Crippen molar-refractivity contribution in [3.8, 4) is 0 Å². The average Bonchev–Trinajstić information content (AvgIpc) is 2.91. The first-order chi connectivity index (χ1) is 6.77. The van der Waals surface area contributed by atoms with Crippen LogP contribution in [0.25, 0.3) is 10.9 Å². The Morgan fingerprint density at radius 2 is 2.14 bits per heavy atom. The van der Waals surface area contributed by atoms with E-state index >= 15 is 0 Å². The van der Waals surface area contributed by atoms with Gasteiger partial charge in [-0.15, -0.1) is 0 Å². The molecule has 72 valence electrons. The first-order valence-corrected chi connectivity index (χ1v) is 5.83. The minimum absolute atomic E-state index is 0.740. The lowest BCUT2D eigenvalue weighted by molar-refractivity contribution is 0.758. The van der Waals surface area contributed by atoms with Gasteiger partial charge in [0, 0.05) is 16.9 Å². The first-order valence-electron chi connectivity index (χ1n) is 5.03. The molecule has 0 bridgehead atoms. The van der Waals surface area contributed by atoms with Crippen molar-refractivity contribution in [2.24, 2.45) is 0 Å². The summed E-state index contributed by atoms with van der Waals surface area (Å²) < 4.78 is 3.65. The minimum Gasteiger partial charge on any atom is -0.332 e. The lowest BCUT2D eigenvalue weighted by Crippen LogP contribution is -1.92. The Kier molecular flexibility index (Phi) is 1.75. The van der Waals surface area contributed by atoms with Crippen molar-refractivity contribution < 1.29 is 0 Å². The molecule has 0 aliphatic heterocycles. The lowest BCUT2D eigenvalue weighted by Gasteiger charge is -2.04. The molecule has 1 aromatic heterocycles. The van der Waals surface area contributed by atoms with Crippen LogP contribution in [0.2, 0.25) is 0 Å². The van der Waals surface area contributed by atoms with Crippen LogP contribution < -0.4 is 0 Å². The van der Waals surface area contributed by atoms with Crippen LogP contribution in [0.4, 0.5) is 0 Å². The third-order valence-corrected chi connectivity index (χ3v) is 3.58. The van der Waals surface area contributed by atoms with Crippen molar-refractivity contribution in [1.82, 2.24) is 4.57 Å². The minimum atomic E-state index is 0.740. The van der Waals surface area contributed by atoms with Gasteiger partial charge in [0.1, 0.15) is 0 Å². The summed E-state index contributed by atoms with van der Waals surface area (Å²) in [5.41, 5.74) is 2.74. The molecular weight excluding hydrogens is 238 g/mol. The summed E-state index contributed by atoms with van der Waals surface area (Å²) in [5.74, 6) is 0. The molecule has 0 atom stereocenters. The van der Waals surface area contributed by atoms with Gasteiger partial charge >= 0.3 is 0 Å². The highest BCUT2D eigenvalue weighted by Gasteiger charge is 2.26. The number of benzene rings is 1. The largest absolute Gasteiger partial charge is 0.332 e. The molecule has 1 aromatic carbocycles. The monoisotopic (exact) mass is 249 g/mol. The highest BCUT2D eigenvalue weighted by molar-refractivity contribution is 9.10. The van der Waals surface area contributed by atoms with Crippen LogP contribution in [0.3, 0.4) is 0 Å². The zero-order chi connectivity index (χ0) is 9.71. The number of nitrogens with zero attached hydrogens (tertiary/aromatic N) is 1. The molecular formula is C12H12BrN. The molecule has 2 heteroatoms.